The Labute approximate surface area is 275 Å². The van der Waals surface area contributed by atoms with E-state index in [4.69, 9.17) is 15.3 Å². The Kier molecular flexibility index (Phi) is 10.8. The summed E-state index contributed by atoms with van der Waals surface area (Å²) in [5.74, 6) is -4.16. The maximum atomic E-state index is 11.3. The van der Waals surface area contributed by atoms with Crippen molar-refractivity contribution in [2.45, 2.75) is 0 Å². The van der Waals surface area contributed by atoms with E-state index in [2.05, 4.69) is 15.0 Å². The van der Waals surface area contributed by atoms with Crippen molar-refractivity contribution in [2.24, 2.45) is 0 Å². The van der Waals surface area contributed by atoms with Gasteiger partial charge in [0.15, 0.2) is 0 Å². The number of carbonyl (C=O) groups is 3. The average Bonchev–Trinajstić information content (AvgIpc) is 2.98. The second kappa shape index (κ2) is 14.3. The van der Waals surface area contributed by atoms with Crippen molar-refractivity contribution < 1.29 is 85.9 Å². The van der Waals surface area contributed by atoms with Crippen molar-refractivity contribution in [3.8, 4) is 17.2 Å². The van der Waals surface area contributed by atoms with Gasteiger partial charge in [0.1, 0.15) is 17.1 Å². The van der Waals surface area contributed by atoms with Gasteiger partial charge in [-0.1, -0.05) is 90.0 Å². The number of para-hydroxylation sites is 3. The molecule has 3 heterocycles. The Morgan fingerprint density at radius 3 is 0.930 bits per heavy atom. The quantitative estimate of drug-likeness (QED) is 0.242. The second-order valence-corrected chi connectivity index (χ2v) is 8.49. The molecule has 0 saturated carbocycles. The molecule has 1 radical (unpaired) electrons. The van der Waals surface area contributed by atoms with Crippen LogP contribution in [-0.4, -0.2) is 48.2 Å². The minimum Gasteiger partial charge on any atom is -0.871 e. The summed E-state index contributed by atoms with van der Waals surface area (Å²) in [6.07, 6.45) is 0. The molecule has 0 fully saturated rings. The largest absolute Gasteiger partial charge is 3.00 e. The molecule has 0 bridgehead atoms. The van der Waals surface area contributed by atoms with Crippen LogP contribution in [0.5, 0.6) is 17.2 Å². The number of pyridine rings is 3. The van der Waals surface area contributed by atoms with Gasteiger partial charge in [-0.15, -0.1) is 0 Å². The van der Waals surface area contributed by atoms with Crippen LogP contribution in [0.4, 0.5) is 0 Å². The zero-order valence-corrected chi connectivity index (χ0v) is 25.0. The summed E-state index contributed by atoms with van der Waals surface area (Å²) >= 11 is 0. The van der Waals surface area contributed by atoms with Crippen LogP contribution in [0.25, 0.3) is 32.7 Å². The van der Waals surface area contributed by atoms with Gasteiger partial charge in [0, 0.05) is 0 Å². The third kappa shape index (κ3) is 7.87. The van der Waals surface area contributed by atoms with Crippen molar-refractivity contribution >= 4 is 50.6 Å². The van der Waals surface area contributed by atoms with Gasteiger partial charge < -0.3 is 30.6 Å². The van der Waals surface area contributed by atoms with Gasteiger partial charge in [-0.2, -0.15) is 0 Å². The van der Waals surface area contributed by atoms with Crippen LogP contribution >= 0.6 is 0 Å². The minimum absolute atomic E-state index is 0. The predicted octanol–water partition coefficient (Wildman–Crippen LogP) is 3.02. The minimum atomic E-state index is -1.13. The number of carboxylic acids is 3. The molecule has 12 nitrogen and oxygen atoms in total. The average molecular weight is 709 g/mol. The van der Waals surface area contributed by atoms with Crippen LogP contribution in [-0.2, 0) is 0 Å². The Morgan fingerprint density at radius 1 is 0.442 bits per heavy atom. The molecule has 0 saturated heterocycles. The number of benzene rings is 3. The van der Waals surface area contributed by atoms with E-state index in [1.54, 1.807) is 54.6 Å². The molecule has 43 heavy (non-hydrogen) atoms. The molecule has 13 heteroatoms. The molecule has 3 aromatic carbocycles. The van der Waals surface area contributed by atoms with Gasteiger partial charge in [0.2, 0.25) is 0 Å². The number of aromatic carboxylic acids is 3. The number of carboxylic acid groups (broad SMARTS) is 3. The summed E-state index contributed by atoms with van der Waals surface area (Å²) in [4.78, 5) is 43.1. The summed E-state index contributed by atoms with van der Waals surface area (Å²) in [7, 11) is 0. The van der Waals surface area contributed by atoms with Gasteiger partial charge in [0.25, 0.3) is 0 Å². The van der Waals surface area contributed by atoms with Crippen LogP contribution in [0, 0.1) is 40.8 Å². The molecule has 0 unspecified atom stereocenters. The summed E-state index contributed by atoms with van der Waals surface area (Å²) in [5.41, 5.74) is 0.273. The van der Waals surface area contributed by atoms with E-state index in [9.17, 15) is 29.7 Å². The maximum absolute atomic E-state index is 11.3. The number of hydrogen-bond donors (Lipinski definition) is 3. The zero-order valence-electron chi connectivity index (χ0n) is 21.8. The normalized spacial score (nSPS) is 10.0. The Morgan fingerprint density at radius 2 is 0.698 bits per heavy atom. The molecular formula is C30H18N3NdO9. The van der Waals surface area contributed by atoms with E-state index < -0.39 is 17.9 Å². The van der Waals surface area contributed by atoms with Crippen LogP contribution < -0.4 is 15.3 Å². The fourth-order valence-corrected chi connectivity index (χ4v) is 3.72. The standard InChI is InChI=1S/3C10H7NO3.Nd/c3*12-8-3-1-2-6-4-5-7(10(13)14)11-9(6)8;/h3*1-5,12H,(H,13,14);/q;;;+3/p-3. The predicted molar refractivity (Wildman–Crippen MR) is 144 cm³/mol. The molecule has 0 aliphatic heterocycles. The summed E-state index contributed by atoms with van der Waals surface area (Å²) in [6.45, 7) is 0. The molecule has 3 aromatic heterocycles. The first-order valence-electron chi connectivity index (χ1n) is 12.0. The third-order valence-corrected chi connectivity index (χ3v) is 5.71. The van der Waals surface area contributed by atoms with E-state index in [0.717, 1.165) is 0 Å². The number of rotatable bonds is 3. The smallest absolute Gasteiger partial charge is 0.871 e. The van der Waals surface area contributed by atoms with Crippen molar-refractivity contribution in [3.05, 3.63) is 108 Å². The van der Waals surface area contributed by atoms with Crippen molar-refractivity contribution in [3.63, 3.8) is 0 Å². The summed E-state index contributed by atoms with van der Waals surface area (Å²) in [5, 5.41) is 61.9. The SMILES string of the molecule is O=C(O)c1ccc2cccc([O-])c2n1.O=C(O)c1ccc2cccc([O-])c2n1.O=C(O)c1ccc2cccc([O-])c2n1.[Nd+3]. The molecule has 0 spiro atoms. The second-order valence-electron chi connectivity index (χ2n) is 8.49. The first-order valence-corrected chi connectivity index (χ1v) is 12.0. The van der Waals surface area contributed by atoms with Gasteiger partial charge in [-0.25, -0.2) is 29.3 Å². The Hall–Kier alpha value is -4.95. The fraction of sp³-hybridized carbons (Fsp3) is 0. The Balaban J connectivity index is 0.000000175. The van der Waals surface area contributed by atoms with E-state index in [0.29, 0.717) is 16.2 Å². The van der Waals surface area contributed by atoms with Crippen LogP contribution in [0.2, 0.25) is 0 Å². The molecular weight excluding hydrogens is 691 g/mol. The number of aromatic nitrogens is 3. The first-order chi connectivity index (χ1) is 20.0. The topological polar surface area (TPSA) is 220 Å². The summed E-state index contributed by atoms with van der Waals surface area (Å²) < 4.78 is 0. The molecule has 211 valence electrons. The third-order valence-electron chi connectivity index (χ3n) is 5.71. The van der Waals surface area contributed by atoms with E-state index >= 15 is 0 Å². The maximum Gasteiger partial charge on any atom is 3.00 e. The molecule has 0 aliphatic carbocycles. The van der Waals surface area contributed by atoms with Gasteiger partial charge in [-0.05, 0) is 34.4 Å². The molecule has 0 aliphatic rings. The molecule has 0 amide bonds. The van der Waals surface area contributed by atoms with Gasteiger partial charge in [-0.3, -0.25) is 0 Å². The Bertz CT molecular complexity index is 1760. The van der Waals surface area contributed by atoms with Crippen LogP contribution in [0.1, 0.15) is 31.5 Å². The molecule has 6 rings (SSSR count). The molecule has 0 atom stereocenters. The van der Waals surface area contributed by atoms with Crippen molar-refractivity contribution in [1.29, 1.82) is 0 Å². The van der Waals surface area contributed by atoms with Crippen LogP contribution in [0.15, 0.2) is 91.0 Å². The summed E-state index contributed by atoms with van der Waals surface area (Å²) in [6, 6.07) is 23.0. The van der Waals surface area contributed by atoms with Crippen molar-refractivity contribution in [2.75, 3.05) is 0 Å². The number of nitrogens with zero attached hydrogens (tertiary/aromatic N) is 3. The fourth-order valence-electron chi connectivity index (χ4n) is 3.72. The van der Waals surface area contributed by atoms with Gasteiger partial charge in [0.05, 0.1) is 16.6 Å². The van der Waals surface area contributed by atoms with Crippen LogP contribution in [0.3, 0.4) is 0 Å². The molecule has 6 aromatic rings. The van der Waals surface area contributed by atoms with Gasteiger partial charge >= 0.3 is 58.7 Å². The van der Waals surface area contributed by atoms with Crippen molar-refractivity contribution in [1.82, 2.24) is 15.0 Å². The first kappa shape index (κ1) is 32.6. The van der Waals surface area contributed by atoms with E-state index in [-0.39, 0.29) is 91.7 Å². The van der Waals surface area contributed by atoms with E-state index in [1.807, 2.05) is 0 Å². The number of fused-ring (bicyclic) bond motifs is 3. The zero-order chi connectivity index (χ0) is 30.4. The monoisotopic (exact) mass is 706 g/mol. The number of hydrogen-bond acceptors (Lipinski definition) is 9. The van der Waals surface area contributed by atoms with E-state index in [1.165, 1.54) is 36.4 Å². The molecule has 3 N–H and O–H groups in total.